The Bertz CT molecular complexity index is 1290. The van der Waals surface area contributed by atoms with Gasteiger partial charge in [0, 0.05) is 18.1 Å². The second kappa shape index (κ2) is 13.5. The quantitative estimate of drug-likeness (QED) is 0.148. The van der Waals surface area contributed by atoms with Crippen LogP contribution in [0, 0.1) is 5.92 Å². The van der Waals surface area contributed by atoms with Gasteiger partial charge in [0.05, 0.1) is 0 Å². The number of nitrogens with one attached hydrogen (secondary N) is 3. The van der Waals surface area contributed by atoms with E-state index in [0.29, 0.717) is 41.3 Å². The first-order valence-corrected chi connectivity index (χ1v) is 16.2. The van der Waals surface area contributed by atoms with Gasteiger partial charge in [0.2, 0.25) is 0 Å². The van der Waals surface area contributed by atoms with Crippen LogP contribution in [0.3, 0.4) is 0 Å². The number of rotatable bonds is 11. The maximum absolute atomic E-state index is 10.00. The van der Waals surface area contributed by atoms with E-state index in [1.807, 2.05) is 36.4 Å². The van der Waals surface area contributed by atoms with Crippen LogP contribution < -0.4 is 16.0 Å². The van der Waals surface area contributed by atoms with Crippen molar-refractivity contribution in [3.05, 3.63) is 88.0 Å². The van der Waals surface area contributed by atoms with Gasteiger partial charge >= 0.3 is 0 Å². The highest BCUT2D eigenvalue weighted by Crippen LogP contribution is 2.36. The van der Waals surface area contributed by atoms with Gasteiger partial charge in [-0.25, -0.2) is 0 Å². The predicted octanol–water partition coefficient (Wildman–Crippen LogP) is 6.50. The lowest BCUT2D eigenvalue weighted by atomic mass is 9.83. The minimum atomic E-state index is 0.354. The average Bonchev–Trinajstić information content (AvgIpc) is 2.99. The van der Waals surface area contributed by atoms with Crippen LogP contribution in [0.4, 0.5) is 0 Å². The Morgan fingerprint density at radius 1 is 0.524 bits per heavy atom. The van der Waals surface area contributed by atoms with E-state index in [1.54, 1.807) is 0 Å². The Morgan fingerprint density at radius 3 is 1.36 bits per heavy atom. The zero-order chi connectivity index (χ0) is 28.9. The molecule has 0 amide bonds. The van der Waals surface area contributed by atoms with Gasteiger partial charge < -0.3 is 31.3 Å². The zero-order valence-electron chi connectivity index (χ0n) is 24.7. The number of hydrogen-bond acceptors (Lipinski definition) is 6. The van der Waals surface area contributed by atoms with E-state index in [9.17, 15) is 15.3 Å². The smallest absolute Gasteiger partial charge is 0.115 e. The van der Waals surface area contributed by atoms with E-state index in [2.05, 4.69) is 34.1 Å². The highest BCUT2D eigenvalue weighted by molar-refractivity contribution is 5.40. The van der Waals surface area contributed by atoms with Crippen LogP contribution in [0.2, 0.25) is 0 Å². The van der Waals surface area contributed by atoms with Gasteiger partial charge in [0.1, 0.15) is 17.2 Å². The molecule has 0 saturated carbocycles. The Kier molecular flexibility index (Phi) is 9.33. The molecule has 0 bridgehead atoms. The van der Waals surface area contributed by atoms with Crippen molar-refractivity contribution in [2.45, 2.75) is 88.8 Å². The van der Waals surface area contributed by atoms with Crippen molar-refractivity contribution in [1.29, 1.82) is 0 Å². The van der Waals surface area contributed by atoms with Crippen LogP contribution in [0.15, 0.2) is 54.6 Å². The monoisotopic (exact) mass is 569 g/mol. The normalized spacial score (nSPS) is 22.1. The van der Waals surface area contributed by atoms with E-state index in [1.165, 1.54) is 65.5 Å². The number of aromatic hydroxyl groups is 3. The minimum Gasteiger partial charge on any atom is -0.508 e. The van der Waals surface area contributed by atoms with Crippen molar-refractivity contribution >= 4 is 0 Å². The topological polar surface area (TPSA) is 96.8 Å². The zero-order valence-corrected chi connectivity index (χ0v) is 24.7. The fourth-order valence-corrected chi connectivity index (χ4v) is 7.71. The molecule has 224 valence electrons. The molecule has 0 fully saturated rings. The van der Waals surface area contributed by atoms with Gasteiger partial charge in [-0.05, 0) is 147 Å². The maximum atomic E-state index is 10.00. The maximum Gasteiger partial charge on any atom is 0.115 e. The third-order valence-electron chi connectivity index (χ3n) is 9.94. The average molecular weight is 570 g/mol. The molecule has 0 saturated heterocycles. The number of benzene rings is 3. The highest BCUT2D eigenvalue weighted by Gasteiger charge is 2.25. The molecule has 3 heterocycles. The summed E-state index contributed by atoms with van der Waals surface area (Å²) in [6.07, 6.45) is 12.3. The first kappa shape index (κ1) is 29.0. The van der Waals surface area contributed by atoms with E-state index in [-0.39, 0.29) is 0 Å². The molecule has 3 aliphatic rings. The van der Waals surface area contributed by atoms with Crippen molar-refractivity contribution in [2.24, 2.45) is 5.92 Å². The molecule has 3 unspecified atom stereocenters. The van der Waals surface area contributed by atoms with Crippen LogP contribution in [-0.2, 0) is 19.3 Å². The summed E-state index contributed by atoms with van der Waals surface area (Å²) in [5.74, 6) is 1.76. The Morgan fingerprint density at radius 2 is 0.929 bits per heavy atom. The molecule has 3 aromatic rings. The Labute approximate surface area is 250 Å². The molecule has 6 rings (SSSR count). The van der Waals surface area contributed by atoms with Crippen LogP contribution in [-0.4, -0.2) is 35.0 Å². The minimum absolute atomic E-state index is 0.354. The molecule has 3 atom stereocenters. The van der Waals surface area contributed by atoms with Crippen molar-refractivity contribution < 1.29 is 15.3 Å². The largest absolute Gasteiger partial charge is 0.508 e. The second-order valence-electron chi connectivity index (χ2n) is 12.7. The van der Waals surface area contributed by atoms with Gasteiger partial charge in [0.25, 0.3) is 0 Å². The molecule has 3 aromatic carbocycles. The van der Waals surface area contributed by atoms with E-state index >= 15 is 0 Å². The number of phenols is 3. The van der Waals surface area contributed by atoms with Crippen LogP contribution in [0.5, 0.6) is 17.2 Å². The van der Waals surface area contributed by atoms with Crippen LogP contribution in [0.1, 0.15) is 103 Å². The van der Waals surface area contributed by atoms with Crippen molar-refractivity contribution in [1.82, 2.24) is 16.0 Å². The molecule has 0 spiro atoms. The van der Waals surface area contributed by atoms with Crippen LogP contribution >= 0.6 is 0 Å². The van der Waals surface area contributed by atoms with Gasteiger partial charge in [-0.2, -0.15) is 0 Å². The lowest BCUT2D eigenvalue weighted by Gasteiger charge is -2.31. The van der Waals surface area contributed by atoms with Gasteiger partial charge in [-0.3, -0.25) is 0 Å². The van der Waals surface area contributed by atoms with Gasteiger partial charge in [-0.15, -0.1) is 0 Å². The highest BCUT2D eigenvalue weighted by atomic mass is 16.3. The molecule has 0 radical (unpaired) electrons. The third kappa shape index (κ3) is 6.94. The molecule has 0 aliphatic carbocycles. The van der Waals surface area contributed by atoms with Gasteiger partial charge in [0.15, 0.2) is 0 Å². The van der Waals surface area contributed by atoms with Crippen molar-refractivity contribution in [3.8, 4) is 17.2 Å². The molecule has 42 heavy (non-hydrogen) atoms. The van der Waals surface area contributed by atoms with E-state index < -0.39 is 0 Å². The van der Waals surface area contributed by atoms with Crippen molar-refractivity contribution in [2.75, 3.05) is 19.6 Å². The third-order valence-corrected chi connectivity index (χ3v) is 9.94. The molecule has 6 heteroatoms. The number of phenolic OH excluding ortho intramolecular Hbond substituents is 3. The fraction of sp³-hybridized carbons (Fsp3) is 0.500. The van der Waals surface area contributed by atoms with Crippen molar-refractivity contribution in [3.63, 3.8) is 0 Å². The lowest BCUT2D eigenvalue weighted by Crippen LogP contribution is -2.31. The summed E-state index contributed by atoms with van der Waals surface area (Å²) in [7, 11) is 0. The van der Waals surface area contributed by atoms with Crippen LogP contribution in [0.25, 0.3) is 0 Å². The Balaban J connectivity index is 1.08. The molecular formula is C36H47N3O3. The first-order valence-electron chi connectivity index (χ1n) is 16.2. The molecule has 6 N–H and O–H groups in total. The summed E-state index contributed by atoms with van der Waals surface area (Å²) in [6.45, 7) is 2.91. The number of unbranched alkanes of at least 4 members (excludes halogenated alkanes) is 1. The SMILES string of the molecule is Oc1ccc2c(c1)CCNC2CCCCC(CCC1NCCc2cc(O)ccc21)CCC1NCCc2cc(O)ccc21. The van der Waals surface area contributed by atoms with E-state index in [4.69, 9.17) is 0 Å². The summed E-state index contributed by atoms with van der Waals surface area (Å²) >= 11 is 0. The lowest BCUT2D eigenvalue weighted by molar-refractivity contribution is 0.322. The summed E-state index contributed by atoms with van der Waals surface area (Å²) < 4.78 is 0. The number of fused-ring (bicyclic) bond motifs is 3. The predicted molar refractivity (Wildman–Crippen MR) is 168 cm³/mol. The molecule has 6 nitrogen and oxygen atoms in total. The molecule has 3 aliphatic heterocycles. The second-order valence-corrected chi connectivity index (χ2v) is 12.7. The first-order chi connectivity index (χ1) is 20.5. The fourth-order valence-electron chi connectivity index (χ4n) is 7.71. The summed E-state index contributed by atoms with van der Waals surface area (Å²) in [5.41, 5.74) is 7.93. The van der Waals surface area contributed by atoms with Gasteiger partial charge in [-0.1, -0.05) is 37.5 Å². The molecule has 0 aromatic heterocycles. The summed E-state index contributed by atoms with van der Waals surface area (Å²) in [6, 6.07) is 18.8. The Hall–Kier alpha value is -3.06. The summed E-state index contributed by atoms with van der Waals surface area (Å²) in [4.78, 5) is 0. The molecular weight excluding hydrogens is 522 g/mol. The number of hydrogen-bond donors (Lipinski definition) is 6. The van der Waals surface area contributed by atoms with E-state index in [0.717, 1.165) is 58.2 Å². The standard InChI is InChI=1S/C36H47N3O3/c40-28-7-10-31-25(21-28)15-18-37-34(31)4-2-1-3-24(5-13-35-32-11-8-29(41)22-26(32)16-19-38-35)6-14-36-33-12-9-30(42)23-27(33)17-20-39-36/h7-12,21-24,34-42H,1-6,13-20H2. The summed E-state index contributed by atoms with van der Waals surface area (Å²) in [5, 5.41) is 41.1.